The van der Waals surface area contributed by atoms with Gasteiger partial charge in [-0.2, -0.15) is 5.10 Å². The third kappa shape index (κ3) is 5.80. The van der Waals surface area contributed by atoms with Crippen molar-refractivity contribution in [2.45, 2.75) is 6.61 Å². The number of halogens is 2. The van der Waals surface area contributed by atoms with Crippen molar-refractivity contribution in [1.82, 2.24) is 5.43 Å². The summed E-state index contributed by atoms with van der Waals surface area (Å²) in [5.74, 6) is 0.417. The molecule has 0 bridgehead atoms. The maximum absolute atomic E-state index is 12.0. The van der Waals surface area contributed by atoms with Gasteiger partial charge in [-0.25, -0.2) is 5.43 Å². The van der Waals surface area contributed by atoms with Crippen molar-refractivity contribution in [2.24, 2.45) is 5.10 Å². The highest BCUT2D eigenvalue weighted by Crippen LogP contribution is 2.15. The minimum Gasteiger partial charge on any atom is -0.489 e. The molecule has 0 radical (unpaired) electrons. The van der Waals surface area contributed by atoms with Crippen LogP contribution in [0.5, 0.6) is 5.75 Å². The van der Waals surface area contributed by atoms with E-state index in [-0.39, 0.29) is 5.91 Å². The molecular weight excluding hydrogens is 475 g/mol. The van der Waals surface area contributed by atoms with Crippen LogP contribution in [0.2, 0.25) is 5.02 Å². The molecular formula is C21H16ClIN2O2. The second-order valence-corrected chi connectivity index (χ2v) is 7.32. The van der Waals surface area contributed by atoms with Crippen molar-refractivity contribution in [3.63, 3.8) is 0 Å². The van der Waals surface area contributed by atoms with Crippen LogP contribution in [0.15, 0.2) is 77.9 Å². The van der Waals surface area contributed by atoms with Crippen molar-refractivity contribution < 1.29 is 9.53 Å². The fourth-order valence-corrected chi connectivity index (χ4v) is 2.85. The first-order valence-electron chi connectivity index (χ1n) is 8.17. The monoisotopic (exact) mass is 490 g/mol. The molecule has 0 aromatic heterocycles. The molecule has 0 heterocycles. The summed E-state index contributed by atoms with van der Waals surface area (Å²) in [6, 6.07) is 22.5. The van der Waals surface area contributed by atoms with Crippen LogP contribution in [0.3, 0.4) is 0 Å². The maximum atomic E-state index is 12.0. The van der Waals surface area contributed by atoms with Gasteiger partial charge in [-0.05, 0) is 82.2 Å². The average molecular weight is 491 g/mol. The predicted molar refractivity (Wildman–Crippen MR) is 116 cm³/mol. The van der Waals surface area contributed by atoms with Gasteiger partial charge in [0.1, 0.15) is 12.4 Å². The van der Waals surface area contributed by atoms with Crippen LogP contribution in [0.4, 0.5) is 0 Å². The zero-order valence-corrected chi connectivity index (χ0v) is 17.1. The van der Waals surface area contributed by atoms with Crippen LogP contribution in [-0.4, -0.2) is 12.1 Å². The van der Waals surface area contributed by atoms with E-state index in [1.807, 2.05) is 36.4 Å². The smallest absolute Gasteiger partial charge is 0.272 e. The first-order chi connectivity index (χ1) is 13.1. The number of rotatable bonds is 6. The van der Waals surface area contributed by atoms with Crippen molar-refractivity contribution >= 4 is 46.3 Å². The maximum Gasteiger partial charge on any atom is 0.272 e. The van der Waals surface area contributed by atoms with Crippen LogP contribution < -0.4 is 10.2 Å². The number of hydrogen-bond acceptors (Lipinski definition) is 3. The molecule has 3 aromatic carbocycles. The molecule has 0 saturated heterocycles. The van der Waals surface area contributed by atoms with Gasteiger partial charge in [0.25, 0.3) is 5.91 Å². The van der Waals surface area contributed by atoms with Gasteiger partial charge in [-0.3, -0.25) is 4.79 Å². The number of hydrazone groups is 1. The zero-order chi connectivity index (χ0) is 19.1. The largest absolute Gasteiger partial charge is 0.489 e. The lowest BCUT2D eigenvalue weighted by Crippen LogP contribution is -2.17. The molecule has 0 aliphatic carbocycles. The first kappa shape index (κ1) is 19.4. The summed E-state index contributed by atoms with van der Waals surface area (Å²) in [5.41, 5.74) is 4.81. The van der Waals surface area contributed by atoms with Crippen LogP contribution in [0.25, 0.3) is 0 Å². The Hall–Kier alpha value is -2.38. The minimum atomic E-state index is -0.352. The summed E-state index contributed by atoms with van der Waals surface area (Å²) in [5, 5.41) is 4.35. The Morgan fingerprint density at radius 3 is 2.44 bits per heavy atom. The van der Waals surface area contributed by atoms with Gasteiger partial charge in [0.2, 0.25) is 0 Å². The van der Waals surface area contributed by atoms with Gasteiger partial charge < -0.3 is 4.74 Å². The van der Waals surface area contributed by atoms with Crippen molar-refractivity contribution in [3.8, 4) is 5.75 Å². The standard InChI is InChI=1S/C21H16ClIN2O2/c22-20-4-2-1-3-19(20)21(26)25-24-13-15-7-11-18(12-8-15)27-14-16-5-9-17(23)10-6-16/h1-13H,14H2,(H,25,26)/b24-13-. The van der Waals surface area contributed by atoms with E-state index >= 15 is 0 Å². The van der Waals surface area contributed by atoms with Crippen molar-refractivity contribution in [1.29, 1.82) is 0 Å². The van der Waals surface area contributed by atoms with Crippen molar-refractivity contribution in [2.75, 3.05) is 0 Å². The fraction of sp³-hybridized carbons (Fsp3) is 0.0476. The van der Waals surface area contributed by atoms with E-state index in [9.17, 15) is 4.79 Å². The number of nitrogens with zero attached hydrogens (tertiary/aromatic N) is 1. The Balaban J connectivity index is 1.52. The molecule has 0 saturated carbocycles. The summed E-state index contributed by atoms with van der Waals surface area (Å²) in [6.07, 6.45) is 1.57. The third-order valence-corrected chi connectivity index (χ3v) is 4.75. The van der Waals surface area contributed by atoms with Gasteiger partial charge in [-0.15, -0.1) is 0 Å². The van der Waals surface area contributed by atoms with Crippen LogP contribution in [0.1, 0.15) is 21.5 Å². The van der Waals surface area contributed by atoms with Gasteiger partial charge in [0.15, 0.2) is 0 Å². The molecule has 3 aromatic rings. The Morgan fingerprint density at radius 2 is 1.74 bits per heavy atom. The van der Waals surface area contributed by atoms with Crippen molar-refractivity contribution in [3.05, 3.63) is 98.1 Å². The zero-order valence-electron chi connectivity index (χ0n) is 14.2. The molecule has 1 N–H and O–H groups in total. The Kier molecular flexibility index (Phi) is 6.84. The lowest BCUT2D eigenvalue weighted by Gasteiger charge is -2.06. The van der Waals surface area contributed by atoms with E-state index in [0.29, 0.717) is 17.2 Å². The van der Waals surface area contributed by atoms with E-state index < -0.39 is 0 Å². The molecule has 0 aliphatic rings. The molecule has 6 heteroatoms. The lowest BCUT2D eigenvalue weighted by molar-refractivity contribution is 0.0955. The molecule has 0 unspecified atom stereocenters. The molecule has 1 amide bonds. The Morgan fingerprint density at radius 1 is 1.04 bits per heavy atom. The number of carbonyl (C=O) groups is 1. The second-order valence-electron chi connectivity index (χ2n) is 5.66. The molecule has 4 nitrogen and oxygen atoms in total. The molecule has 0 atom stereocenters. The quantitative estimate of drug-likeness (QED) is 0.290. The molecule has 27 heavy (non-hydrogen) atoms. The van der Waals surface area contributed by atoms with E-state index in [0.717, 1.165) is 16.9 Å². The number of amides is 1. The Bertz CT molecular complexity index is 941. The van der Waals surface area contributed by atoms with Crippen LogP contribution >= 0.6 is 34.2 Å². The summed E-state index contributed by atoms with van der Waals surface area (Å²) in [4.78, 5) is 12.0. The van der Waals surface area contributed by atoms with E-state index in [1.54, 1.807) is 30.5 Å². The fourth-order valence-electron chi connectivity index (χ4n) is 2.27. The van der Waals surface area contributed by atoms with E-state index in [2.05, 4.69) is 45.3 Å². The van der Waals surface area contributed by atoms with Gasteiger partial charge >= 0.3 is 0 Å². The van der Waals surface area contributed by atoms with Crippen LogP contribution in [-0.2, 0) is 6.61 Å². The van der Waals surface area contributed by atoms with E-state index in [4.69, 9.17) is 16.3 Å². The SMILES string of the molecule is O=C(N/N=C\c1ccc(OCc2ccc(I)cc2)cc1)c1ccccc1Cl. The lowest BCUT2D eigenvalue weighted by atomic mass is 10.2. The topological polar surface area (TPSA) is 50.7 Å². The highest BCUT2D eigenvalue weighted by Gasteiger charge is 2.07. The normalized spacial score (nSPS) is 10.7. The average Bonchev–Trinajstić information content (AvgIpc) is 2.69. The summed E-state index contributed by atoms with van der Waals surface area (Å²) < 4.78 is 6.97. The molecule has 0 spiro atoms. The van der Waals surface area contributed by atoms with Gasteiger partial charge in [-0.1, -0.05) is 35.9 Å². The minimum absolute atomic E-state index is 0.352. The number of benzene rings is 3. The highest BCUT2D eigenvalue weighted by atomic mass is 127. The number of nitrogens with one attached hydrogen (secondary N) is 1. The van der Waals surface area contributed by atoms with Gasteiger partial charge in [0, 0.05) is 3.57 Å². The Labute approximate surface area is 176 Å². The summed E-state index contributed by atoms with van der Waals surface area (Å²) in [6.45, 7) is 0.512. The molecule has 3 rings (SSSR count). The number of carbonyl (C=O) groups excluding carboxylic acids is 1. The summed E-state index contributed by atoms with van der Waals surface area (Å²) >= 11 is 8.26. The number of hydrogen-bond donors (Lipinski definition) is 1. The summed E-state index contributed by atoms with van der Waals surface area (Å²) in [7, 11) is 0. The van der Waals surface area contributed by atoms with Crippen LogP contribution in [0, 0.1) is 3.57 Å². The second kappa shape index (κ2) is 9.53. The highest BCUT2D eigenvalue weighted by molar-refractivity contribution is 14.1. The molecule has 0 aliphatic heterocycles. The molecule has 0 fully saturated rings. The molecule has 136 valence electrons. The van der Waals surface area contributed by atoms with Gasteiger partial charge in [0.05, 0.1) is 16.8 Å². The first-order valence-corrected chi connectivity index (χ1v) is 9.63. The van der Waals surface area contributed by atoms with E-state index in [1.165, 1.54) is 3.57 Å². The number of ether oxygens (including phenoxy) is 1. The third-order valence-electron chi connectivity index (χ3n) is 3.70. The predicted octanol–water partition coefficient (Wildman–Crippen LogP) is 5.29.